The molecular formula is C12H13FO3S. The first-order valence-corrected chi connectivity index (χ1v) is 7.23. The zero-order chi connectivity index (χ0) is 12.5. The normalized spacial score (nSPS) is 27.6. The molecule has 92 valence electrons. The molecule has 1 heterocycles. The second-order valence-corrected chi connectivity index (χ2v) is 6.55. The van der Waals surface area contributed by atoms with E-state index in [-0.39, 0.29) is 23.3 Å². The van der Waals surface area contributed by atoms with Crippen LogP contribution in [0.3, 0.4) is 0 Å². The van der Waals surface area contributed by atoms with Crippen molar-refractivity contribution in [2.45, 2.75) is 18.5 Å². The van der Waals surface area contributed by atoms with Gasteiger partial charge in [-0.05, 0) is 12.8 Å². The number of aldehydes is 1. The number of hydrogen-bond donors (Lipinski definition) is 0. The first kappa shape index (κ1) is 12.2. The van der Waals surface area contributed by atoms with E-state index in [9.17, 15) is 17.6 Å². The van der Waals surface area contributed by atoms with Crippen LogP contribution in [0.15, 0.2) is 24.3 Å². The van der Waals surface area contributed by atoms with E-state index in [1.54, 1.807) is 12.1 Å². The molecule has 1 aromatic rings. The molecule has 1 aliphatic heterocycles. The molecule has 17 heavy (non-hydrogen) atoms. The fraction of sp³-hybridized carbons (Fsp3) is 0.417. The van der Waals surface area contributed by atoms with Crippen molar-refractivity contribution in [2.24, 2.45) is 0 Å². The molecule has 2 rings (SSSR count). The lowest BCUT2D eigenvalue weighted by molar-refractivity contribution is 0.111. The summed E-state index contributed by atoms with van der Waals surface area (Å²) < 4.78 is 37.7. The Bertz CT molecular complexity index is 538. The molecule has 0 N–H and O–H groups in total. The molecule has 0 radical (unpaired) electrons. The SMILES string of the molecule is O=Cc1ccccc1C1(F)CCCS(=O)(=O)C1. The van der Waals surface area contributed by atoms with E-state index in [1.807, 2.05) is 0 Å². The van der Waals surface area contributed by atoms with Crippen molar-refractivity contribution in [1.29, 1.82) is 0 Å². The highest BCUT2D eigenvalue weighted by Crippen LogP contribution is 2.37. The smallest absolute Gasteiger partial charge is 0.153 e. The highest BCUT2D eigenvalue weighted by molar-refractivity contribution is 7.91. The molecule has 0 aliphatic carbocycles. The average molecular weight is 256 g/mol. The summed E-state index contributed by atoms with van der Waals surface area (Å²) >= 11 is 0. The van der Waals surface area contributed by atoms with Crippen molar-refractivity contribution >= 4 is 16.1 Å². The Balaban J connectivity index is 2.47. The largest absolute Gasteiger partial charge is 0.298 e. The van der Waals surface area contributed by atoms with Crippen LogP contribution in [-0.2, 0) is 15.5 Å². The van der Waals surface area contributed by atoms with Crippen molar-refractivity contribution in [3.63, 3.8) is 0 Å². The van der Waals surface area contributed by atoms with Gasteiger partial charge in [0.15, 0.2) is 15.5 Å². The highest BCUT2D eigenvalue weighted by Gasteiger charge is 2.41. The van der Waals surface area contributed by atoms with Crippen LogP contribution in [0.4, 0.5) is 4.39 Å². The van der Waals surface area contributed by atoms with Gasteiger partial charge in [-0.3, -0.25) is 4.79 Å². The third-order valence-corrected chi connectivity index (χ3v) is 4.86. The zero-order valence-electron chi connectivity index (χ0n) is 9.23. The lowest BCUT2D eigenvalue weighted by Crippen LogP contribution is -2.37. The van der Waals surface area contributed by atoms with Gasteiger partial charge < -0.3 is 0 Å². The highest BCUT2D eigenvalue weighted by atomic mass is 32.2. The van der Waals surface area contributed by atoms with Gasteiger partial charge in [0.2, 0.25) is 0 Å². The van der Waals surface area contributed by atoms with Crippen molar-refractivity contribution in [3.05, 3.63) is 35.4 Å². The summed E-state index contributed by atoms with van der Waals surface area (Å²) in [5.74, 6) is -0.493. The second-order valence-electron chi connectivity index (χ2n) is 4.37. The number of hydrogen-bond acceptors (Lipinski definition) is 3. The van der Waals surface area contributed by atoms with Gasteiger partial charge in [-0.15, -0.1) is 0 Å². The maximum Gasteiger partial charge on any atom is 0.153 e. The third-order valence-electron chi connectivity index (χ3n) is 3.05. The summed E-state index contributed by atoms with van der Waals surface area (Å²) in [5.41, 5.74) is -1.50. The van der Waals surface area contributed by atoms with Gasteiger partial charge in [0.25, 0.3) is 0 Å². The van der Waals surface area contributed by atoms with Crippen molar-refractivity contribution in [3.8, 4) is 0 Å². The van der Waals surface area contributed by atoms with Crippen LogP contribution in [-0.4, -0.2) is 26.2 Å². The standard InChI is InChI=1S/C12H13FO3S/c13-12(6-3-7-17(15,16)9-12)11-5-2-1-4-10(11)8-14/h1-2,4-5,8H,3,6-7,9H2. The van der Waals surface area contributed by atoms with Gasteiger partial charge in [0.1, 0.15) is 6.29 Å². The molecule has 0 aromatic heterocycles. The molecule has 0 saturated carbocycles. The van der Waals surface area contributed by atoms with E-state index in [0.29, 0.717) is 12.7 Å². The summed E-state index contributed by atoms with van der Waals surface area (Å²) in [6.45, 7) is 0. The Kier molecular flexibility index (Phi) is 3.03. The molecule has 3 nitrogen and oxygen atoms in total. The van der Waals surface area contributed by atoms with Gasteiger partial charge >= 0.3 is 0 Å². The van der Waals surface area contributed by atoms with Crippen LogP contribution < -0.4 is 0 Å². The maximum atomic E-state index is 14.7. The second kappa shape index (κ2) is 4.22. The summed E-state index contributed by atoms with van der Waals surface area (Å²) in [6, 6.07) is 6.24. The Morgan fingerprint density at radius 3 is 2.65 bits per heavy atom. The van der Waals surface area contributed by atoms with Crippen LogP contribution in [0, 0.1) is 0 Å². The van der Waals surface area contributed by atoms with Gasteiger partial charge in [0, 0.05) is 11.1 Å². The maximum absolute atomic E-state index is 14.7. The van der Waals surface area contributed by atoms with E-state index in [4.69, 9.17) is 0 Å². The number of halogens is 1. The molecule has 1 unspecified atom stereocenters. The number of carbonyl (C=O) groups is 1. The summed E-state index contributed by atoms with van der Waals surface area (Å²) in [5, 5.41) is 0. The monoisotopic (exact) mass is 256 g/mol. The third kappa shape index (κ3) is 2.39. The van der Waals surface area contributed by atoms with Gasteiger partial charge in [-0.25, -0.2) is 12.8 Å². The van der Waals surface area contributed by atoms with Crippen LogP contribution in [0.25, 0.3) is 0 Å². The Morgan fingerprint density at radius 1 is 1.29 bits per heavy atom. The van der Waals surface area contributed by atoms with Crippen molar-refractivity contribution in [2.75, 3.05) is 11.5 Å². The van der Waals surface area contributed by atoms with Crippen LogP contribution >= 0.6 is 0 Å². The quantitative estimate of drug-likeness (QED) is 0.759. The summed E-state index contributed by atoms with van der Waals surface area (Å²) in [6.07, 6.45) is 1.01. The number of benzene rings is 1. The van der Waals surface area contributed by atoms with E-state index in [0.717, 1.165) is 0 Å². The number of sulfone groups is 1. The lowest BCUT2D eigenvalue weighted by atomic mass is 9.89. The summed E-state index contributed by atoms with van der Waals surface area (Å²) in [4.78, 5) is 10.9. The van der Waals surface area contributed by atoms with Crippen LogP contribution in [0.5, 0.6) is 0 Å². The van der Waals surface area contributed by atoms with E-state index in [2.05, 4.69) is 0 Å². The van der Waals surface area contributed by atoms with E-state index >= 15 is 0 Å². The van der Waals surface area contributed by atoms with Crippen LogP contribution in [0.2, 0.25) is 0 Å². The van der Waals surface area contributed by atoms with E-state index < -0.39 is 21.3 Å². The molecule has 5 heteroatoms. The minimum atomic E-state index is -3.35. The molecule has 1 atom stereocenters. The van der Waals surface area contributed by atoms with Crippen molar-refractivity contribution < 1.29 is 17.6 Å². The molecule has 1 fully saturated rings. The fourth-order valence-corrected chi connectivity index (χ4v) is 4.01. The first-order valence-electron chi connectivity index (χ1n) is 5.41. The molecule has 1 saturated heterocycles. The topological polar surface area (TPSA) is 51.2 Å². The molecule has 0 spiro atoms. The average Bonchev–Trinajstić information content (AvgIpc) is 2.27. The zero-order valence-corrected chi connectivity index (χ0v) is 10.0. The Hall–Kier alpha value is -1.23. The predicted octanol–water partition coefficient (Wildman–Crippen LogP) is 1.87. The molecule has 1 aliphatic rings. The van der Waals surface area contributed by atoms with Gasteiger partial charge in [0.05, 0.1) is 11.5 Å². The predicted molar refractivity (Wildman–Crippen MR) is 62.5 cm³/mol. The van der Waals surface area contributed by atoms with Gasteiger partial charge in [-0.1, -0.05) is 24.3 Å². The van der Waals surface area contributed by atoms with Gasteiger partial charge in [-0.2, -0.15) is 0 Å². The van der Waals surface area contributed by atoms with Crippen molar-refractivity contribution in [1.82, 2.24) is 0 Å². The Labute approximate surface area is 99.6 Å². The molecule has 0 bridgehead atoms. The molecular weight excluding hydrogens is 243 g/mol. The van der Waals surface area contributed by atoms with E-state index in [1.165, 1.54) is 12.1 Å². The number of alkyl halides is 1. The number of rotatable bonds is 2. The molecule has 0 amide bonds. The Morgan fingerprint density at radius 2 is 2.00 bits per heavy atom. The van der Waals surface area contributed by atoms with Crippen LogP contribution in [0.1, 0.15) is 28.8 Å². The minimum absolute atomic E-state index is 0.0297. The number of carbonyl (C=O) groups excluding carboxylic acids is 1. The summed E-state index contributed by atoms with van der Waals surface area (Å²) in [7, 11) is -3.35. The minimum Gasteiger partial charge on any atom is -0.298 e. The lowest BCUT2D eigenvalue weighted by Gasteiger charge is -2.30. The first-order chi connectivity index (χ1) is 7.97. The molecule has 1 aromatic carbocycles. The fourth-order valence-electron chi connectivity index (χ4n) is 2.29.